The van der Waals surface area contributed by atoms with E-state index in [0.717, 1.165) is 11.1 Å². The first-order valence-electron chi connectivity index (χ1n) is 7.54. The van der Waals surface area contributed by atoms with Gasteiger partial charge in [-0.1, -0.05) is 35.9 Å². The lowest BCUT2D eigenvalue weighted by Crippen LogP contribution is -2.27. The third-order valence-electron chi connectivity index (χ3n) is 3.25. The summed E-state index contributed by atoms with van der Waals surface area (Å²) >= 11 is 5.91. The second-order valence-corrected chi connectivity index (χ2v) is 5.50. The van der Waals surface area contributed by atoms with Gasteiger partial charge in [0.1, 0.15) is 6.61 Å². The molecule has 2 aromatic carbocycles. The Morgan fingerprint density at radius 3 is 2.58 bits per heavy atom. The Morgan fingerprint density at radius 1 is 1.08 bits per heavy atom. The first-order valence-corrected chi connectivity index (χ1v) is 7.92. The highest BCUT2D eigenvalue weighted by atomic mass is 35.5. The standard InChI is InChI=1S/C18H20ClNO4/c1-22-24-13-14-5-7-16(8-6-14)18(21)20-9-10-23-12-15-3-2-4-17(19)11-15/h2-8,11H,9-10,12-13H2,1H3,(H,20,21). The molecule has 0 heterocycles. The molecule has 0 saturated heterocycles. The zero-order valence-corrected chi connectivity index (χ0v) is 14.2. The average molecular weight is 350 g/mol. The van der Waals surface area contributed by atoms with Crippen molar-refractivity contribution in [2.24, 2.45) is 0 Å². The van der Waals surface area contributed by atoms with E-state index in [9.17, 15) is 4.79 Å². The highest BCUT2D eigenvalue weighted by Gasteiger charge is 2.05. The maximum Gasteiger partial charge on any atom is 0.251 e. The van der Waals surface area contributed by atoms with Crippen molar-refractivity contribution < 1.29 is 19.3 Å². The molecule has 6 heteroatoms. The number of rotatable bonds is 9. The number of carbonyl (C=O) groups excluding carboxylic acids is 1. The van der Waals surface area contributed by atoms with Crippen LogP contribution in [-0.4, -0.2) is 26.2 Å². The highest BCUT2D eigenvalue weighted by Crippen LogP contribution is 2.11. The van der Waals surface area contributed by atoms with Crippen LogP contribution >= 0.6 is 11.6 Å². The van der Waals surface area contributed by atoms with Crippen molar-refractivity contribution in [2.75, 3.05) is 20.3 Å². The van der Waals surface area contributed by atoms with Gasteiger partial charge in [-0.15, -0.1) is 0 Å². The number of nitrogens with one attached hydrogen (secondary N) is 1. The van der Waals surface area contributed by atoms with Crippen LogP contribution in [0.5, 0.6) is 0 Å². The van der Waals surface area contributed by atoms with Crippen LogP contribution in [-0.2, 0) is 27.7 Å². The first-order chi connectivity index (χ1) is 11.7. The maximum absolute atomic E-state index is 12.0. The van der Waals surface area contributed by atoms with Crippen molar-refractivity contribution >= 4 is 17.5 Å². The van der Waals surface area contributed by atoms with Crippen molar-refractivity contribution in [1.29, 1.82) is 0 Å². The van der Waals surface area contributed by atoms with Crippen molar-refractivity contribution in [3.05, 3.63) is 70.2 Å². The molecular weight excluding hydrogens is 330 g/mol. The molecule has 0 atom stereocenters. The Bertz CT molecular complexity index is 646. The van der Waals surface area contributed by atoms with E-state index in [2.05, 4.69) is 10.2 Å². The summed E-state index contributed by atoms with van der Waals surface area (Å²) in [5.74, 6) is -0.138. The number of hydrogen-bond donors (Lipinski definition) is 1. The molecule has 0 aliphatic rings. The van der Waals surface area contributed by atoms with Gasteiger partial charge in [-0.25, -0.2) is 9.78 Å². The van der Waals surface area contributed by atoms with E-state index in [0.29, 0.717) is 37.0 Å². The zero-order chi connectivity index (χ0) is 17.2. The Balaban J connectivity index is 1.67. The van der Waals surface area contributed by atoms with Crippen LogP contribution in [0.2, 0.25) is 5.02 Å². The van der Waals surface area contributed by atoms with Crippen molar-refractivity contribution in [3.63, 3.8) is 0 Å². The fourth-order valence-electron chi connectivity index (χ4n) is 2.03. The van der Waals surface area contributed by atoms with Crippen LogP contribution in [0.4, 0.5) is 0 Å². The number of ether oxygens (including phenoxy) is 1. The molecule has 0 aromatic heterocycles. The molecule has 0 bridgehead atoms. The lowest BCUT2D eigenvalue weighted by molar-refractivity contribution is -0.282. The molecule has 0 aliphatic heterocycles. The molecule has 0 fully saturated rings. The summed E-state index contributed by atoms with van der Waals surface area (Å²) < 4.78 is 5.52. The minimum Gasteiger partial charge on any atom is -0.375 e. The van der Waals surface area contributed by atoms with E-state index in [4.69, 9.17) is 21.2 Å². The molecule has 5 nitrogen and oxygen atoms in total. The van der Waals surface area contributed by atoms with Gasteiger partial charge in [0.25, 0.3) is 5.91 Å². The molecule has 0 unspecified atom stereocenters. The molecule has 2 aromatic rings. The van der Waals surface area contributed by atoms with Gasteiger partial charge < -0.3 is 10.1 Å². The van der Waals surface area contributed by atoms with Crippen LogP contribution in [0, 0.1) is 0 Å². The highest BCUT2D eigenvalue weighted by molar-refractivity contribution is 6.30. The number of amides is 1. The number of carbonyl (C=O) groups is 1. The number of halogens is 1. The summed E-state index contributed by atoms with van der Waals surface area (Å²) in [6, 6.07) is 14.6. The van der Waals surface area contributed by atoms with Crippen LogP contribution in [0.1, 0.15) is 21.5 Å². The van der Waals surface area contributed by atoms with Gasteiger partial charge in [0.2, 0.25) is 0 Å². The molecule has 0 saturated carbocycles. The summed E-state index contributed by atoms with van der Waals surface area (Å²) in [6.07, 6.45) is 0. The van der Waals surface area contributed by atoms with Crippen molar-refractivity contribution in [3.8, 4) is 0 Å². The predicted octanol–water partition coefficient (Wildman–Crippen LogP) is 3.36. The van der Waals surface area contributed by atoms with Crippen LogP contribution < -0.4 is 5.32 Å². The minimum absolute atomic E-state index is 0.138. The van der Waals surface area contributed by atoms with Crippen LogP contribution in [0.25, 0.3) is 0 Å². The van der Waals surface area contributed by atoms with E-state index in [-0.39, 0.29) is 5.91 Å². The Labute approximate surface area is 146 Å². The van der Waals surface area contributed by atoms with Crippen LogP contribution in [0.15, 0.2) is 48.5 Å². The van der Waals surface area contributed by atoms with E-state index < -0.39 is 0 Å². The Hall–Kier alpha value is -1.92. The minimum atomic E-state index is -0.138. The number of hydrogen-bond acceptors (Lipinski definition) is 4. The third-order valence-corrected chi connectivity index (χ3v) is 3.48. The average Bonchev–Trinajstić information content (AvgIpc) is 2.60. The summed E-state index contributed by atoms with van der Waals surface area (Å²) in [5.41, 5.74) is 2.52. The molecule has 24 heavy (non-hydrogen) atoms. The SMILES string of the molecule is COOCc1ccc(C(=O)NCCOCc2cccc(Cl)c2)cc1. The Morgan fingerprint density at radius 2 is 1.88 bits per heavy atom. The van der Waals surface area contributed by atoms with E-state index in [1.54, 1.807) is 12.1 Å². The van der Waals surface area contributed by atoms with Gasteiger partial charge in [-0.3, -0.25) is 4.79 Å². The van der Waals surface area contributed by atoms with Gasteiger partial charge in [0, 0.05) is 17.1 Å². The zero-order valence-electron chi connectivity index (χ0n) is 13.5. The summed E-state index contributed by atoms with van der Waals surface area (Å²) in [6.45, 7) is 1.67. The molecule has 128 valence electrons. The Kier molecular flexibility index (Phi) is 7.71. The predicted molar refractivity (Wildman–Crippen MR) is 91.7 cm³/mol. The molecule has 0 aliphatic carbocycles. The van der Waals surface area contributed by atoms with Gasteiger partial charge in [-0.2, -0.15) is 0 Å². The normalized spacial score (nSPS) is 10.6. The molecular formula is C18H20ClNO4. The smallest absolute Gasteiger partial charge is 0.251 e. The van der Waals surface area contributed by atoms with Gasteiger partial charge in [0.05, 0.1) is 20.3 Å². The molecule has 1 amide bonds. The second kappa shape index (κ2) is 10.1. The van der Waals surface area contributed by atoms with E-state index in [1.165, 1.54) is 7.11 Å². The van der Waals surface area contributed by atoms with E-state index in [1.807, 2.05) is 36.4 Å². The maximum atomic E-state index is 12.0. The van der Waals surface area contributed by atoms with Crippen molar-refractivity contribution in [2.45, 2.75) is 13.2 Å². The van der Waals surface area contributed by atoms with E-state index >= 15 is 0 Å². The summed E-state index contributed by atoms with van der Waals surface area (Å²) in [4.78, 5) is 21.4. The fourth-order valence-corrected chi connectivity index (χ4v) is 2.25. The number of benzene rings is 2. The summed E-state index contributed by atoms with van der Waals surface area (Å²) in [5, 5.41) is 3.50. The lowest BCUT2D eigenvalue weighted by Gasteiger charge is -2.07. The quantitative estimate of drug-likeness (QED) is 0.428. The van der Waals surface area contributed by atoms with Crippen molar-refractivity contribution in [1.82, 2.24) is 5.32 Å². The molecule has 1 N–H and O–H groups in total. The lowest BCUT2D eigenvalue weighted by atomic mass is 10.1. The van der Waals surface area contributed by atoms with Gasteiger partial charge in [-0.05, 0) is 35.4 Å². The monoisotopic (exact) mass is 349 g/mol. The second-order valence-electron chi connectivity index (χ2n) is 5.06. The fraction of sp³-hybridized carbons (Fsp3) is 0.278. The molecule has 0 radical (unpaired) electrons. The topological polar surface area (TPSA) is 56.8 Å². The first kappa shape index (κ1) is 18.4. The van der Waals surface area contributed by atoms with Crippen LogP contribution in [0.3, 0.4) is 0 Å². The molecule has 0 spiro atoms. The summed E-state index contributed by atoms with van der Waals surface area (Å²) in [7, 11) is 1.45. The van der Waals surface area contributed by atoms with Gasteiger partial charge in [0.15, 0.2) is 0 Å². The largest absolute Gasteiger partial charge is 0.375 e. The third kappa shape index (κ3) is 6.29. The molecule has 2 rings (SSSR count). The van der Waals surface area contributed by atoms with Gasteiger partial charge >= 0.3 is 0 Å².